The Bertz CT molecular complexity index is 698. The third-order valence-electron chi connectivity index (χ3n) is 3.71. The number of aryl methyl sites for hydroxylation is 2. The number of anilines is 1. The maximum absolute atomic E-state index is 12.4. The summed E-state index contributed by atoms with van der Waals surface area (Å²) < 4.78 is 6.47. The summed E-state index contributed by atoms with van der Waals surface area (Å²) >= 11 is 3.47. The molecule has 2 aromatic carbocycles. The van der Waals surface area contributed by atoms with Crippen molar-refractivity contribution in [3.05, 3.63) is 57.6 Å². The van der Waals surface area contributed by atoms with E-state index in [1.165, 1.54) is 5.56 Å². The first-order valence-corrected chi connectivity index (χ1v) is 8.61. The van der Waals surface area contributed by atoms with Crippen LogP contribution in [-0.4, -0.2) is 12.5 Å². The van der Waals surface area contributed by atoms with E-state index >= 15 is 0 Å². The van der Waals surface area contributed by atoms with Gasteiger partial charge in [-0.1, -0.05) is 19.4 Å². The van der Waals surface area contributed by atoms with Gasteiger partial charge in [-0.05, 0) is 77.7 Å². The zero-order valence-electron chi connectivity index (χ0n) is 13.8. The van der Waals surface area contributed by atoms with E-state index in [1.807, 2.05) is 31.2 Å². The van der Waals surface area contributed by atoms with E-state index < -0.39 is 0 Å². The molecule has 0 atom stereocenters. The molecule has 2 rings (SSSR count). The Kier molecular flexibility index (Phi) is 6.22. The van der Waals surface area contributed by atoms with Crippen LogP contribution in [0.3, 0.4) is 0 Å². The van der Waals surface area contributed by atoms with Gasteiger partial charge >= 0.3 is 0 Å². The monoisotopic (exact) mass is 375 g/mol. The molecule has 0 aromatic heterocycles. The van der Waals surface area contributed by atoms with E-state index in [4.69, 9.17) is 4.74 Å². The Hall–Kier alpha value is -1.81. The lowest BCUT2D eigenvalue weighted by Gasteiger charge is -2.10. The van der Waals surface area contributed by atoms with Crippen molar-refractivity contribution in [3.8, 4) is 5.75 Å². The maximum atomic E-state index is 12.4. The molecule has 23 heavy (non-hydrogen) atoms. The SMILES string of the molecule is CCCCOc1ccc(C(=O)Nc2ccc(C)c(C)c2)cc1Br. The molecule has 0 fully saturated rings. The Morgan fingerprint density at radius 2 is 1.91 bits per heavy atom. The molecule has 0 unspecified atom stereocenters. The average molecular weight is 376 g/mol. The first-order valence-electron chi connectivity index (χ1n) is 7.82. The van der Waals surface area contributed by atoms with E-state index in [1.54, 1.807) is 12.1 Å². The fraction of sp³-hybridized carbons (Fsp3) is 0.316. The van der Waals surface area contributed by atoms with Crippen LogP contribution >= 0.6 is 15.9 Å². The fourth-order valence-corrected chi connectivity index (χ4v) is 2.60. The van der Waals surface area contributed by atoms with Crippen molar-refractivity contribution in [2.45, 2.75) is 33.6 Å². The molecular weight excluding hydrogens is 354 g/mol. The lowest BCUT2D eigenvalue weighted by molar-refractivity contribution is 0.102. The van der Waals surface area contributed by atoms with E-state index in [0.29, 0.717) is 12.2 Å². The third-order valence-corrected chi connectivity index (χ3v) is 4.33. The summed E-state index contributed by atoms with van der Waals surface area (Å²) in [7, 11) is 0. The van der Waals surface area contributed by atoms with Crippen LogP contribution in [0.5, 0.6) is 5.75 Å². The molecule has 0 aliphatic heterocycles. The number of amides is 1. The third kappa shape index (κ3) is 4.83. The topological polar surface area (TPSA) is 38.3 Å². The molecule has 0 aliphatic rings. The summed E-state index contributed by atoms with van der Waals surface area (Å²) in [5.41, 5.74) is 3.76. The second kappa shape index (κ2) is 8.16. The molecular formula is C19H22BrNO2. The molecule has 0 spiro atoms. The molecule has 0 aliphatic carbocycles. The Morgan fingerprint density at radius 1 is 1.13 bits per heavy atom. The fourth-order valence-electron chi connectivity index (χ4n) is 2.11. The van der Waals surface area contributed by atoms with E-state index in [0.717, 1.165) is 34.3 Å². The van der Waals surface area contributed by atoms with Crippen LogP contribution in [0.1, 0.15) is 41.3 Å². The molecule has 1 N–H and O–H groups in total. The van der Waals surface area contributed by atoms with Crippen LogP contribution in [0.15, 0.2) is 40.9 Å². The predicted molar refractivity (Wildman–Crippen MR) is 98.4 cm³/mol. The number of hydrogen-bond acceptors (Lipinski definition) is 2. The molecule has 0 heterocycles. The van der Waals surface area contributed by atoms with Gasteiger partial charge < -0.3 is 10.1 Å². The minimum absolute atomic E-state index is 0.130. The van der Waals surface area contributed by atoms with Crippen molar-refractivity contribution < 1.29 is 9.53 Å². The van der Waals surface area contributed by atoms with Crippen molar-refractivity contribution in [3.63, 3.8) is 0 Å². The predicted octanol–water partition coefficient (Wildman–Crippen LogP) is 5.50. The molecule has 0 saturated carbocycles. The highest BCUT2D eigenvalue weighted by Gasteiger charge is 2.10. The quantitative estimate of drug-likeness (QED) is 0.677. The number of unbranched alkanes of at least 4 members (excludes halogenated alkanes) is 1. The van der Waals surface area contributed by atoms with E-state index in [-0.39, 0.29) is 5.91 Å². The van der Waals surface area contributed by atoms with E-state index in [2.05, 4.69) is 35.1 Å². The Labute approximate surface area is 146 Å². The average Bonchev–Trinajstić information content (AvgIpc) is 2.52. The van der Waals surface area contributed by atoms with Gasteiger partial charge in [0.05, 0.1) is 11.1 Å². The summed E-state index contributed by atoms with van der Waals surface area (Å²) in [5, 5.41) is 2.92. The minimum Gasteiger partial charge on any atom is -0.492 e. The second-order valence-electron chi connectivity index (χ2n) is 5.60. The van der Waals surface area contributed by atoms with Crippen LogP contribution in [-0.2, 0) is 0 Å². The summed E-state index contributed by atoms with van der Waals surface area (Å²) in [4.78, 5) is 12.4. The lowest BCUT2D eigenvalue weighted by atomic mass is 10.1. The zero-order valence-corrected chi connectivity index (χ0v) is 15.4. The van der Waals surface area contributed by atoms with Gasteiger partial charge in [0.25, 0.3) is 5.91 Å². The Balaban J connectivity index is 2.07. The van der Waals surface area contributed by atoms with Crippen LogP contribution in [0.4, 0.5) is 5.69 Å². The molecule has 122 valence electrons. The van der Waals surface area contributed by atoms with Gasteiger partial charge in [-0.25, -0.2) is 0 Å². The normalized spacial score (nSPS) is 10.4. The van der Waals surface area contributed by atoms with Gasteiger partial charge in [0.2, 0.25) is 0 Å². The number of ether oxygens (including phenoxy) is 1. The maximum Gasteiger partial charge on any atom is 0.255 e. The number of rotatable bonds is 6. The highest BCUT2D eigenvalue weighted by Crippen LogP contribution is 2.27. The van der Waals surface area contributed by atoms with Gasteiger partial charge in [-0.3, -0.25) is 4.79 Å². The molecule has 2 aromatic rings. The first-order chi connectivity index (χ1) is 11.0. The standard InChI is InChI=1S/C19H22BrNO2/c1-4-5-10-23-18-9-7-15(12-17(18)20)19(22)21-16-8-6-13(2)14(3)11-16/h6-9,11-12H,4-5,10H2,1-3H3,(H,21,22). The van der Waals surface area contributed by atoms with Gasteiger partial charge in [0.1, 0.15) is 5.75 Å². The number of carbonyl (C=O) groups is 1. The molecule has 4 heteroatoms. The summed E-state index contributed by atoms with van der Waals surface area (Å²) in [5.74, 6) is 0.634. The highest BCUT2D eigenvalue weighted by atomic mass is 79.9. The molecule has 3 nitrogen and oxygen atoms in total. The molecule has 0 saturated heterocycles. The summed E-state index contributed by atoms with van der Waals surface area (Å²) in [6.07, 6.45) is 2.11. The van der Waals surface area contributed by atoms with Gasteiger partial charge in [0, 0.05) is 11.3 Å². The molecule has 0 radical (unpaired) electrons. The van der Waals surface area contributed by atoms with Crippen LogP contribution in [0.2, 0.25) is 0 Å². The summed E-state index contributed by atoms with van der Waals surface area (Å²) in [6.45, 7) is 6.89. The number of benzene rings is 2. The largest absolute Gasteiger partial charge is 0.492 e. The van der Waals surface area contributed by atoms with Gasteiger partial charge in [-0.15, -0.1) is 0 Å². The van der Waals surface area contributed by atoms with Crippen molar-refractivity contribution in [1.29, 1.82) is 0 Å². The van der Waals surface area contributed by atoms with Crippen LogP contribution < -0.4 is 10.1 Å². The zero-order chi connectivity index (χ0) is 16.8. The number of nitrogens with one attached hydrogen (secondary N) is 1. The van der Waals surface area contributed by atoms with Crippen molar-refractivity contribution in [2.24, 2.45) is 0 Å². The van der Waals surface area contributed by atoms with Crippen LogP contribution in [0.25, 0.3) is 0 Å². The number of halogens is 1. The van der Waals surface area contributed by atoms with Gasteiger partial charge in [-0.2, -0.15) is 0 Å². The van der Waals surface area contributed by atoms with E-state index in [9.17, 15) is 4.79 Å². The summed E-state index contributed by atoms with van der Waals surface area (Å²) in [6, 6.07) is 11.3. The van der Waals surface area contributed by atoms with Crippen molar-refractivity contribution in [2.75, 3.05) is 11.9 Å². The second-order valence-corrected chi connectivity index (χ2v) is 6.45. The van der Waals surface area contributed by atoms with Crippen molar-refractivity contribution in [1.82, 2.24) is 0 Å². The first kappa shape index (κ1) is 17.5. The lowest BCUT2D eigenvalue weighted by Crippen LogP contribution is -2.12. The molecule has 1 amide bonds. The van der Waals surface area contributed by atoms with Crippen LogP contribution in [0, 0.1) is 13.8 Å². The Morgan fingerprint density at radius 3 is 2.57 bits per heavy atom. The number of carbonyl (C=O) groups excluding carboxylic acids is 1. The van der Waals surface area contributed by atoms with Crippen molar-refractivity contribution >= 4 is 27.5 Å². The number of hydrogen-bond donors (Lipinski definition) is 1. The molecule has 0 bridgehead atoms. The smallest absolute Gasteiger partial charge is 0.255 e. The highest BCUT2D eigenvalue weighted by molar-refractivity contribution is 9.10. The minimum atomic E-state index is -0.130. The van der Waals surface area contributed by atoms with Gasteiger partial charge in [0.15, 0.2) is 0 Å².